The van der Waals surface area contributed by atoms with Crippen LogP contribution in [0.2, 0.25) is 0 Å². The highest BCUT2D eigenvalue weighted by molar-refractivity contribution is 6.02. The number of benzene rings is 2. The van der Waals surface area contributed by atoms with E-state index in [1.165, 1.54) is 23.4 Å². The Morgan fingerprint density at radius 3 is 2.43 bits per heavy atom. The third-order valence-corrected chi connectivity index (χ3v) is 5.60. The summed E-state index contributed by atoms with van der Waals surface area (Å²) in [6.45, 7) is 6.48. The number of anilines is 1. The van der Waals surface area contributed by atoms with Crippen molar-refractivity contribution in [3.05, 3.63) is 65.2 Å². The number of hydrazine groups is 1. The number of para-hydroxylation sites is 1. The normalized spacial score (nSPS) is 15.7. The third-order valence-electron chi connectivity index (χ3n) is 5.60. The maximum absolute atomic E-state index is 13.2. The van der Waals surface area contributed by atoms with Gasteiger partial charge in [-0.15, -0.1) is 0 Å². The summed E-state index contributed by atoms with van der Waals surface area (Å²) in [5, 5.41) is 4.87. The van der Waals surface area contributed by atoms with Crippen LogP contribution in [0.3, 0.4) is 0 Å². The molecule has 30 heavy (non-hydrogen) atoms. The van der Waals surface area contributed by atoms with Crippen LogP contribution in [0.25, 0.3) is 0 Å². The fourth-order valence-electron chi connectivity index (χ4n) is 3.74. The number of nitrogens with one attached hydrogen (secondary N) is 2. The molecule has 5 heteroatoms. The lowest BCUT2D eigenvalue weighted by Crippen LogP contribution is -2.52. The maximum atomic E-state index is 13.2. The topological polar surface area (TPSA) is 61.4 Å². The minimum absolute atomic E-state index is 0.121. The number of carbonyl (C=O) groups excluding carboxylic acids is 2. The Morgan fingerprint density at radius 2 is 1.73 bits per heavy atom. The summed E-state index contributed by atoms with van der Waals surface area (Å²) in [7, 11) is 0. The number of carbonyl (C=O) groups is 2. The summed E-state index contributed by atoms with van der Waals surface area (Å²) in [4.78, 5) is 25.8. The predicted molar refractivity (Wildman–Crippen MR) is 121 cm³/mol. The average Bonchev–Trinajstić information content (AvgIpc) is 2.75. The fraction of sp³-hybridized carbons (Fsp3) is 0.440. The zero-order chi connectivity index (χ0) is 21.5. The molecule has 0 saturated carbocycles. The van der Waals surface area contributed by atoms with Gasteiger partial charge in [0.25, 0.3) is 5.91 Å². The first-order valence-electron chi connectivity index (χ1n) is 11.1. The molecule has 0 radical (unpaired) electrons. The zero-order valence-electron chi connectivity index (χ0n) is 18.3. The van der Waals surface area contributed by atoms with Gasteiger partial charge in [-0.2, -0.15) is 0 Å². The maximum Gasteiger partial charge on any atom is 0.276 e. The summed E-state index contributed by atoms with van der Waals surface area (Å²) in [6, 6.07) is 15.6. The molecule has 2 aromatic carbocycles. The second-order valence-corrected chi connectivity index (χ2v) is 8.29. The number of rotatable bonds is 9. The van der Waals surface area contributed by atoms with Crippen molar-refractivity contribution in [3.63, 3.8) is 0 Å². The van der Waals surface area contributed by atoms with Gasteiger partial charge in [0.2, 0.25) is 5.91 Å². The second kappa shape index (κ2) is 10.3. The molecule has 0 aliphatic carbocycles. The van der Waals surface area contributed by atoms with Crippen LogP contribution < -0.4 is 10.7 Å². The summed E-state index contributed by atoms with van der Waals surface area (Å²) in [5.74, 6) is 0.121. The van der Waals surface area contributed by atoms with Gasteiger partial charge in [-0.3, -0.25) is 15.0 Å². The monoisotopic (exact) mass is 407 g/mol. The van der Waals surface area contributed by atoms with Gasteiger partial charge < -0.3 is 5.32 Å². The number of hydrogen-bond donors (Lipinski definition) is 2. The Bertz CT molecular complexity index is 861. The number of amides is 2. The van der Waals surface area contributed by atoms with Crippen LogP contribution in [0.15, 0.2) is 48.5 Å². The summed E-state index contributed by atoms with van der Waals surface area (Å²) >= 11 is 0. The van der Waals surface area contributed by atoms with Gasteiger partial charge in [-0.25, -0.2) is 5.01 Å². The van der Waals surface area contributed by atoms with Gasteiger partial charge in [-0.05, 0) is 35.6 Å². The van der Waals surface area contributed by atoms with Crippen molar-refractivity contribution in [1.29, 1.82) is 0 Å². The Labute approximate surface area is 179 Å². The Balaban J connectivity index is 1.78. The molecule has 0 aromatic heterocycles. The van der Waals surface area contributed by atoms with E-state index in [1.54, 1.807) is 6.07 Å². The Hall–Kier alpha value is -2.82. The minimum Gasteiger partial charge on any atom is -0.359 e. The molecule has 2 amide bonds. The molecule has 5 nitrogen and oxygen atoms in total. The molecule has 1 aliphatic heterocycles. The van der Waals surface area contributed by atoms with Gasteiger partial charge in [0.05, 0.1) is 5.56 Å². The van der Waals surface area contributed by atoms with Crippen molar-refractivity contribution in [1.82, 2.24) is 10.4 Å². The quantitative estimate of drug-likeness (QED) is 0.519. The van der Waals surface area contributed by atoms with E-state index >= 15 is 0 Å². The molecule has 1 unspecified atom stereocenters. The largest absolute Gasteiger partial charge is 0.359 e. The molecule has 0 fully saturated rings. The Kier molecular flexibility index (Phi) is 7.50. The fourth-order valence-corrected chi connectivity index (χ4v) is 3.74. The number of fused-ring (bicyclic) bond motifs is 1. The minimum atomic E-state index is -0.447. The summed E-state index contributed by atoms with van der Waals surface area (Å²) in [6.07, 6.45) is 5.37. The number of unbranched alkanes of at least 4 members (excludes halogenated alkanes) is 4. The first-order chi connectivity index (χ1) is 14.5. The average molecular weight is 408 g/mol. The van der Waals surface area contributed by atoms with Crippen molar-refractivity contribution in [2.75, 3.05) is 5.32 Å². The van der Waals surface area contributed by atoms with Crippen LogP contribution in [0.4, 0.5) is 5.69 Å². The van der Waals surface area contributed by atoms with Crippen LogP contribution >= 0.6 is 0 Å². The molecular formula is C25H33N3O2. The lowest BCUT2D eigenvalue weighted by Gasteiger charge is -2.37. The second-order valence-electron chi connectivity index (χ2n) is 8.29. The zero-order valence-corrected chi connectivity index (χ0v) is 18.3. The summed E-state index contributed by atoms with van der Waals surface area (Å²) < 4.78 is 0. The number of nitrogens with zero attached hydrogens (tertiary/aromatic N) is 1. The lowest BCUT2D eigenvalue weighted by molar-refractivity contribution is -0.125. The lowest BCUT2D eigenvalue weighted by atomic mass is 9.99. The molecular weight excluding hydrogens is 374 g/mol. The molecule has 2 N–H and O–H groups in total. The molecule has 2 aromatic rings. The standard InChI is InChI=1S/C25H33N3O2/c1-4-5-6-7-8-13-23(29)27-28-24(20-16-14-19(15-17-20)18(2)3)26-22-12-10-9-11-21(22)25(28)30/h9-12,14-18,24,26H,4-8,13H2,1-3H3,(H,27,29). The highest BCUT2D eigenvalue weighted by Crippen LogP contribution is 2.32. The van der Waals surface area contributed by atoms with E-state index in [-0.39, 0.29) is 11.8 Å². The van der Waals surface area contributed by atoms with Gasteiger partial charge >= 0.3 is 0 Å². The van der Waals surface area contributed by atoms with Gasteiger partial charge in [0.1, 0.15) is 6.17 Å². The smallest absolute Gasteiger partial charge is 0.276 e. The molecule has 160 valence electrons. The van der Waals surface area contributed by atoms with Crippen molar-refractivity contribution in [2.24, 2.45) is 0 Å². The van der Waals surface area contributed by atoms with Crippen LogP contribution in [0.5, 0.6) is 0 Å². The molecule has 1 atom stereocenters. The van der Waals surface area contributed by atoms with E-state index in [0.717, 1.165) is 30.5 Å². The van der Waals surface area contributed by atoms with Gasteiger partial charge in [0.15, 0.2) is 0 Å². The van der Waals surface area contributed by atoms with Crippen LogP contribution in [0, 0.1) is 0 Å². The van der Waals surface area contributed by atoms with Crippen molar-refractivity contribution in [2.45, 2.75) is 71.4 Å². The molecule has 0 saturated heterocycles. The first kappa shape index (κ1) is 21.9. The van der Waals surface area contributed by atoms with Crippen molar-refractivity contribution in [3.8, 4) is 0 Å². The van der Waals surface area contributed by atoms with E-state index in [9.17, 15) is 9.59 Å². The third kappa shape index (κ3) is 5.21. The molecule has 1 aliphatic rings. The van der Waals surface area contributed by atoms with Crippen molar-refractivity contribution >= 4 is 17.5 Å². The highest BCUT2D eigenvalue weighted by atomic mass is 16.2. The van der Waals surface area contributed by atoms with E-state index in [0.29, 0.717) is 17.9 Å². The van der Waals surface area contributed by atoms with Crippen LogP contribution in [-0.2, 0) is 4.79 Å². The molecule has 3 rings (SSSR count). The van der Waals surface area contributed by atoms with Gasteiger partial charge in [-0.1, -0.05) is 82.9 Å². The van der Waals surface area contributed by atoms with Gasteiger partial charge in [0, 0.05) is 12.1 Å². The molecule has 1 heterocycles. The van der Waals surface area contributed by atoms with E-state index in [2.05, 4.69) is 43.6 Å². The molecule has 0 spiro atoms. The van der Waals surface area contributed by atoms with Crippen molar-refractivity contribution < 1.29 is 9.59 Å². The first-order valence-corrected chi connectivity index (χ1v) is 11.1. The van der Waals surface area contributed by atoms with Crippen LogP contribution in [-0.4, -0.2) is 16.8 Å². The van der Waals surface area contributed by atoms with E-state index in [1.807, 2.05) is 30.3 Å². The predicted octanol–water partition coefficient (Wildman–Crippen LogP) is 5.77. The van der Waals surface area contributed by atoms with Crippen LogP contribution in [0.1, 0.15) is 92.9 Å². The van der Waals surface area contributed by atoms with E-state index in [4.69, 9.17) is 0 Å². The SMILES string of the molecule is CCCCCCCC(=O)NN1C(=O)c2ccccc2NC1c1ccc(C(C)C)cc1. The highest BCUT2D eigenvalue weighted by Gasteiger charge is 2.34. The molecule has 0 bridgehead atoms. The number of hydrogen-bond acceptors (Lipinski definition) is 3. The Morgan fingerprint density at radius 1 is 1.03 bits per heavy atom. The summed E-state index contributed by atoms with van der Waals surface area (Å²) in [5.41, 5.74) is 6.39. The van der Waals surface area contributed by atoms with E-state index < -0.39 is 6.17 Å².